The van der Waals surface area contributed by atoms with E-state index in [9.17, 15) is 5.11 Å². The Labute approximate surface area is 121 Å². The van der Waals surface area contributed by atoms with E-state index in [0.717, 1.165) is 28.1 Å². The van der Waals surface area contributed by atoms with Gasteiger partial charge in [-0.1, -0.05) is 12.1 Å². The van der Waals surface area contributed by atoms with Gasteiger partial charge in [-0.2, -0.15) is 0 Å². The van der Waals surface area contributed by atoms with Crippen LogP contribution < -0.4 is 0 Å². The molecule has 0 radical (unpaired) electrons. The minimum Gasteiger partial charge on any atom is -0.383 e. The Morgan fingerprint density at radius 2 is 1.75 bits per heavy atom. The Bertz CT molecular complexity index is 590. The molecule has 106 valence electrons. The molecule has 2 fully saturated rings. The van der Waals surface area contributed by atoms with Gasteiger partial charge in [-0.25, -0.2) is 4.98 Å². The van der Waals surface area contributed by atoms with Crippen molar-refractivity contribution in [3.63, 3.8) is 0 Å². The van der Waals surface area contributed by atoms with Crippen molar-refractivity contribution in [2.45, 2.75) is 37.1 Å². The highest BCUT2D eigenvalue weighted by Crippen LogP contribution is 2.46. The van der Waals surface area contributed by atoms with E-state index < -0.39 is 11.4 Å². The van der Waals surface area contributed by atoms with Crippen molar-refractivity contribution in [3.8, 4) is 0 Å². The quantitative estimate of drug-likeness (QED) is 0.878. The molecule has 0 amide bonds. The van der Waals surface area contributed by atoms with Crippen LogP contribution in [-0.2, 0) is 15.1 Å². The Morgan fingerprint density at radius 1 is 1.05 bits per heavy atom. The van der Waals surface area contributed by atoms with E-state index in [0.29, 0.717) is 26.1 Å². The molecule has 1 aromatic heterocycles. The van der Waals surface area contributed by atoms with Gasteiger partial charge in [0.15, 0.2) is 5.79 Å². The first-order chi connectivity index (χ1) is 9.69. The molecule has 2 aromatic rings. The third kappa shape index (κ3) is 1.97. The summed E-state index contributed by atoms with van der Waals surface area (Å²) < 4.78 is 12.6. The fourth-order valence-corrected chi connectivity index (χ4v) is 4.23. The third-order valence-electron chi connectivity index (χ3n) is 4.34. The largest absolute Gasteiger partial charge is 0.383 e. The van der Waals surface area contributed by atoms with Crippen LogP contribution in [0.15, 0.2) is 24.3 Å². The van der Waals surface area contributed by atoms with E-state index in [1.807, 2.05) is 24.3 Å². The third-order valence-corrected chi connectivity index (χ3v) is 5.57. The lowest BCUT2D eigenvalue weighted by Gasteiger charge is -2.39. The van der Waals surface area contributed by atoms with Crippen molar-refractivity contribution >= 4 is 21.6 Å². The molecule has 0 atom stereocenters. The summed E-state index contributed by atoms with van der Waals surface area (Å²) >= 11 is 1.59. The molecule has 1 saturated carbocycles. The summed E-state index contributed by atoms with van der Waals surface area (Å²) in [7, 11) is 0. The Hall–Kier alpha value is -1.01. The highest BCUT2D eigenvalue weighted by atomic mass is 32.1. The second-order valence-electron chi connectivity index (χ2n) is 5.63. The highest BCUT2D eigenvalue weighted by molar-refractivity contribution is 7.18. The molecule has 5 heteroatoms. The van der Waals surface area contributed by atoms with Crippen molar-refractivity contribution in [1.29, 1.82) is 0 Å². The molecule has 1 aromatic carbocycles. The van der Waals surface area contributed by atoms with E-state index in [1.54, 1.807) is 11.3 Å². The van der Waals surface area contributed by atoms with Crippen LogP contribution in [-0.4, -0.2) is 29.1 Å². The first kappa shape index (κ1) is 12.7. The average molecular weight is 291 g/mol. The Balaban J connectivity index is 1.61. The number of thiazole rings is 1. The Morgan fingerprint density at radius 3 is 2.45 bits per heavy atom. The van der Waals surface area contributed by atoms with Gasteiger partial charge in [-0.3, -0.25) is 0 Å². The number of aromatic nitrogens is 1. The topological polar surface area (TPSA) is 51.6 Å². The fourth-order valence-electron chi connectivity index (χ4n) is 3.12. The van der Waals surface area contributed by atoms with Gasteiger partial charge >= 0.3 is 0 Å². The summed E-state index contributed by atoms with van der Waals surface area (Å²) in [5.74, 6) is -0.442. The standard InChI is InChI=1S/C15H17NO3S/c17-14(5-7-15(8-6-14)18-9-10-19-15)13-16-11-3-1-2-4-12(11)20-13/h1-4,17H,5-10H2. The molecule has 1 saturated heterocycles. The van der Waals surface area contributed by atoms with E-state index in [4.69, 9.17) is 9.47 Å². The zero-order valence-corrected chi connectivity index (χ0v) is 12.0. The van der Waals surface area contributed by atoms with Crippen LogP contribution in [0.25, 0.3) is 10.2 Å². The second kappa shape index (κ2) is 4.49. The number of benzene rings is 1. The van der Waals surface area contributed by atoms with Crippen molar-refractivity contribution in [2.24, 2.45) is 0 Å². The molecule has 1 N–H and O–H groups in total. The molecule has 4 rings (SSSR count). The van der Waals surface area contributed by atoms with Gasteiger partial charge in [0, 0.05) is 12.8 Å². The summed E-state index contributed by atoms with van der Waals surface area (Å²) in [5.41, 5.74) is 0.138. The van der Waals surface area contributed by atoms with E-state index in [2.05, 4.69) is 4.98 Å². The van der Waals surface area contributed by atoms with Gasteiger partial charge in [0.25, 0.3) is 0 Å². The zero-order valence-electron chi connectivity index (χ0n) is 11.2. The molecule has 4 nitrogen and oxygen atoms in total. The summed E-state index contributed by atoms with van der Waals surface area (Å²) in [6, 6.07) is 8.02. The van der Waals surface area contributed by atoms with Crippen LogP contribution in [0, 0.1) is 0 Å². The van der Waals surface area contributed by atoms with Crippen LogP contribution >= 0.6 is 11.3 Å². The maximum atomic E-state index is 10.9. The van der Waals surface area contributed by atoms with Crippen LogP contribution in [0.2, 0.25) is 0 Å². The van der Waals surface area contributed by atoms with Gasteiger partial charge < -0.3 is 14.6 Å². The molecule has 0 bridgehead atoms. The maximum Gasteiger partial charge on any atom is 0.168 e. The van der Waals surface area contributed by atoms with E-state index in [-0.39, 0.29) is 0 Å². The molecule has 20 heavy (non-hydrogen) atoms. The predicted molar refractivity (Wildman–Crippen MR) is 76.6 cm³/mol. The van der Waals surface area contributed by atoms with Crippen molar-refractivity contribution in [2.75, 3.05) is 13.2 Å². The molecule has 1 aliphatic heterocycles. The van der Waals surface area contributed by atoms with Gasteiger partial charge in [0.2, 0.25) is 0 Å². The number of hydrogen-bond acceptors (Lipinski definition) is 5. The Kier molecular flexibility index (Phi) is 2.86. The van der Waals surface area contributed by atoms with Gasteiger partial charge in [-0.05, 0) is 25.0 Å². The van der Waals surface area contributed by atoms with Gasteiger partial charge in [0.05, 0.1) is 23.4 Å². The van der Waals surface area contributed by atoms with E-state index >= 15 is 0 Å². The van der Waals surface area contributed by atoms with Crippen molar-refractivity contribution in [1.82, 2.24) is 4.98 Å². The summed E-state index contributed by atoms with van der Waals surface area (Å²) in [4.78, 5) is 4.61. The van der Waals surface area contributed by atoms with Crippen LogP contribution in [0.4, 0.5) is 0 Å². The lowest BCUT2D eigenvalue weighted by molar-refractivity contribution is -0.204. The predicted octanol–water partition coefficient (Wildman–Crippen LogP) is 2.80. The molecule has 2 aliphatic rings. The molecular weight excluding hydrogens is 274 g/mol. The normalized spacial score (nSPS) is 24.4. The highest BCUT2D eigenvalue weighted by Gasteiger charge is 2.47. The summed E-state index contributed by atoms with van der Waals surface area (Å²) in [6.45, 7) is 1.33. The number of ether oxygens (including phenoxy) is 2. The molecular formula is C15H17NO3S. The number of fused-ring (bicyclic) bond motifs is 1. The molecule has 1 aliphatic carbocycles. The summed E-state index contributed by atoms with van der Waals surface area (Å²) in [6.07, 6.45) is 2.76. The van der Waals surface area contributed by atoms with Crippen molar-refractivity contribution < 1.29 is 14.6 Å². The van der Waals surface area contributed by atoms with Crippen LogP contribution in [0.5, 0.6) is 0 Å². The number of hydrogen-bond donors (Lipinski definition) is 1. The first-order valence-corrected chi connectivity index (χ1v) is 7.87. The number of rotatable bonds is 1. The lowest BCUT2D eigenvalue weighted by atomic mass is 9.82. The smallest absolute Gasteiger partial charge is 0.168 e. The minimum atomic E-state index is -0.829. The van der Waals surface area contributed by atoms with Gasteiger partial charge in [-0.15, -0.1) is 11.3 Å². The number of para-hydroxylation sites is 1. The lowest BCUT2D eigenvalue weighted by Crippen LogP contribution is -2.42. The van der Waals surface area contributed by atoms with Crippen LogP contribution in [0.3, 0.4) is 0 Å². The fraction of sp³-hybridized carbons (Fsp3) is 0.533. The monoisotopic (exact) mass is 291 g/mol. The minimum absolute atomic E-state index is 0.442. The molecule has 2 heterocycles. The average Bonchev–Trinajstić information content (AvgIpc) is 3.10. The van der Waals surface area contributed by atoms with Crippen molar-refractivity contribution in [3.05, 3.63) is 29.3 Å². The van der Waals surface area contributed by atoms with Gasteiger partial charge in [0.1, 0.15) is 10.6 Å². The molecule has 0 unspecified atom stereocenters. The second-order valence-corrected chi connectivity index (χ2v) is 6.66. The maximum absolute atomic E-state index is 10.9. The SMILES string of the molecule is OC1(c2nc3ccccc3s2)CCC2(CC1)OCCO2. The number of aliphatic hydroxyl groups is 1. The first-order valence-electron chi connectivity index (χ1n) is 7.06. The number of nitrogens with zero attached hydrogens (tertiary/aromatic N) is 1. The summed E-state index contributed by atoms with van der Waals surface area (Å²) in [5, 5.41) is 11.7. The van der Waals surface area contributed by atoms with Crippen LogP contribution in [0.1, 0.15) is 30.7 Å². The zero-order chi connectivity index (χ0) is 13.6. The van der Waals surface area contributed by atoms with E-state index in [1.165, 1.54) is 0 Å². The molecule has 1 spiro atoms.